The van der Waals surface area contributed by atoms with Gasteiger partial charge >= 0.3 is 5.97 Å². The molecule has 2 aromatic rings. The van der Waals surface area contributed by atoms with E-state index in [0.717, 1.165) is 11.8 Å². The number of carbonyl (C=O) groups excluding carboxylic acids is 3. The van der Waals surface area contributed by atoms with Gasteiger partial charge in [-0.25, -0.2) is 9.18 Å². The standard InChI is InChI=1S/C20H23FN2O4/c1-11(2)18(23-19(25)14-7-5-6-8-16(14)21)20(26)27-10-17(24)15-9-12(3)22-13(15)4/h5-9,11,18,22H,10H2,1-4H3,(H,23,25)/t18-/m0/s1. The van der Waals surface area contributed by atoms with Crippen LogP contribution in [0.2, 0.25) is 0 Å². The number of ether oxygens (including phenoxy) is 1. The van der Waals surface area contributed by atoms with Crippen LogP contribution in [0.15, 0.2) is 30.3 Å². The molecule has 1 aromatic carbocycles. The van der Waals surface area contributed by atoms with Crippen LogP contribution in [0, 0.1) is 25.6 Å². The van der Waals surface area contributed by atoms with E-state index in [2.05, 4.69) is 10.3 Å². The lowest BCUT2D eigenvalue weighted by molar-refractivity contribution is -0.145. The molecule has 2 rings (SSSR count). The van der Waals surface area contributed by atoms with Crippen molar-refractivity contribution < 1.29 is 23.5 Å². The van der Waals surface area contributed by atoms with Crippen LogP contribution in [0.1, 0.15) is 46.0 Å². The number of benzene rings is 1. The Hall–Kier alpha value is -2.96. The zero-order valence-corrected chi connectivity index (χ0v) is 15.8. The summed E-state index contributed by atoms with van der Waals surface area (Å²) in [7, 11) is 0. The molecule has 144 valence electrons. The smallest absolute Gasteiger partial charge is 0.329 e. The predicted octanol–water partition coefficient (Wildman–Crippen LogP) is 2.95. The number of Topliss-reactive ketones (excluding diaryl/α,β-unsaturated/α-hetero) is 1. The quantitative estimate of drug-likeness (QED) is 0.576. The maximum absolute atomic E-state index is 13.7. The third-order valence-electron chi connectivity index (χ3n) is 4.12. The van der Waals surface area contributed by atoms with Gasteiger partial charge in [-0.15, -0.1) is 0 Å². The zero-order chi connectivity index (χ0) is 20.1. The molecule has 2 N–H and O–H groups in total. The number of aryl methyl sites for hydroxylation is 2. The molecule has 1 aromatic heterocycles. The van der Waals surface area contributed by atoms with E-state index in [1.54, 1.807) is 26.8 Å². The Morgan fingerprint density at radius 3 is 2.37 bits per heavy atom. The second-order valence-electron chi connectivity index (χ2n) is 6.70. The Kier molecular flexibility index (Phi) is 6.50. The summed E-state index contributed by atoms with van der Waals surface area (Å²) in [6.07, 6.45) is 0. The van der Waals surface area contributed by atoms with Crippen LogP contribution in [0.25, 0.3) is 0 Å². The number of hydrogen-bond donors (Lipinski definition) is 2. The highest BCUT2D eigenvalue weighted by molar-refractivity contribution is 6.00. The van der Waals surface area contributed by atoms with Crippen molar-refractivity contribution in [2.45, 2.75) is 33.7 Å². The minimum absolute atomic E-state index is 0.162. The molecule has 1 heterocycles. The van der Waals surface area contributed by atoms with E-state index in [4.69, 9.17) is 4.74 Å². The maximum Gasteiger partial charge on any atom is 0.329 e. The minimum atomic E-state index is -1.00. The highest BCUT2D eigenvalue weighted by atomic mass is 19.1. The molecule has 0 aliphatic carbocycles. The van der Waals surface area contributed by atoms with Gasteiger partial charge in [-0.3, -0.25) is 9.59 Å². The number of H-pyrrole nitrogens is 1. The van der Waals surface area contributed by atoms with E-state index >= 15 is 0 Å². The largest absolute Gasteiger partial charge is 0.456 e. The summed E-state index contributed by atoms with van der Waals surface area (Å²) in [5.41, 5.74) is 1.82. The number of amides is 1. The lowest BCUT2D eigenvalue weighted by Gasteiger charge is -2.20. The van der Waals surface area contributed by atoms with Crippen LogP contribution < -0.4 is 5.32 Å². The van der Waals surface area contributed by atoms with Crippen molar-refractivity contribution in [3.8, 4) is 0 Å². The fourth-order valence-corrected chi connectivity index (χ4v) is 2.68. The SMILES string of the molecule is Cc1cc(C(=O)COC(=O)[C@@H](NC(=O)c2ccccc2F)C(C)C)c(C)[nH]1. The highest BCUT2D eigenvalue weighted by Crippen LogP contribution is 2.12. The van der Waals surface area contributed by atoms with Crippen LogP contribution >= 0.6 is 0 Å². The van der Waals surface area contributed by atoms with Crippen LogP contribution in [-0.2, 0) is 9.53 Å². The Labute approximate surface area is 157 Å². The van der Waals surface area contributed by atoms with Crippen molar-refractivity contribution in [1.29, 1.82) is 0 Å². The summed E-state index contributed by atoms with van der Waals surface area (Å²) in [5.74, 6) is -2.79. The molecule has 1 amide bonds. The van der Waals surface area contributed by atoms with Crippen LogP contribution in [0.3, 0.4) is 0 Å². The van der Waals surface area contributed by atoms with Gasteiger partial charge in [-0.05, 0) is 38.0 Å². The molecule has 0 aliphatic rings. The topological polar surface area (TPSA) is 88.3 Å². The number of aromatic nitrogens is 1. The molecule has 0 saturated heterocycles. The van der Waals surface area contributed by atoms with Crippen molar-refractivity contribution in [2.24, 2.45) is 5.92 Å². The second kappa shape index (κ2) is 8.62. The number of carbonyl (C=O) groups is 3. The summed E-state index contributed by atoms with van der Waals surface area (Å²) in [6, 6.07) is 6.17. The highest BCUT2D eigenvalue weighted by Gasteiger charge is 2.28. The number of rotatable bonds is 7. The Morgan fingerprint density at radius 1 is 1.15 bits per heavy atom. The number of aromatic amines is 1. The first-order valence-corrected chi connectivity index (χ1v) is 8.62. The van der Waals surface area contributed by atoms with Crippen molar-refractivity contribution in [2.75, 3.05) is 6.61 Å². The van der Waals surface area contributed by atoms with Gasteiger partial charge in [0.05, 0.1) is 5.56 Å². The summed E-state index contributed by atoms with van der Waals surface area (Å²) in [4.78, 5) is 39.9. The molecule has 0 unspecified atom stereocenters. The molecule has 0 spiro atoms. The molecule has 0 bridgehead atoms. The number of nitrogens with one attached hydrogen (secondary N) is 2. The molecule has 1 atom stereocenters. The summed E-state index contributed by atoms with van der Waals surface area (Å²) < 4.78 is 18.9. The van der Waals surface area contributed by atoms with Crippen molar-refractivity contribution >= 4 is 17.7 Å². The van der Waals surface area contributed by atoms with Gasteiger partial charge in [-0.1, -0.05) is 26.0 Å². The molecule has 7 heteroatoms. The fourth-order valence-electron chi connectivity index (χ4n) is 2.68. The average molecular weight is 374 g/mol. The monoisotopic (exact) mass is 374 g/mol. The Morgan fingerprint density at radius 2 is 1.81 bits per heavy atom. The predicted molar refractivity (Wildman–Crippen MR) is 98.0 cm³/mol. The number of esters is 1. The molecule has 0 radical (unpaired) electrons. The van der Waals surface area contributed by atoms with E-state index < -0.39 is 30.3 Å². The van der Waals surface area contributed by atoms with Gasteiger partial charge in [-0.2, -0.15) is 0 Å². The molecule has 0 saturated carbocycles. The third kappa shape index (κ3) is 5.03. The normalized spacial score (nSPS) is 11.9. The van der Waals surface area contributed by atoms with Gasteiger partial charge in [0.1, 0.15) is 11.9 Å². The van der Waals surface area contributed by atoms with E-state index in [-0.39, 0.29) is 17.3 Å². The summed E-state index contributed by atoms with van der Waals surface area (Å²) >= 11 is 0. The molecule has 6 nitrogen and oxygen atoms in total. The van der Waals surface area contributed by atoms with Crippen molar-refractivity contribution in [1.82, 2.24) is 10.3 Å². The van der Waals surface area contributed by atoms with Crippen LogP contribution in [-0.4, -0.2) is 35.3 Å². The minimum Gasteiger partial charge on any atom is -0.456 e. The molecular weight excluding hydrogens is 351 g/mol. The van der Waals surface area contributed by atoms with Gasteiger partial charge < -0.3 is 15.0 Å². The molecule has 0 aliphatic heterocycles. The average Bonchev–Trinajstić information content (AvgIpc) is 2.95. The summed E-state index contributed by atoms with van der Waals surface area (Å²) in [6.45, 7) is 6.58. The second-order valence-corrected chi connectivity index (χ2v) is 6.70. The van der Waals surface area contributed by atoms with E-state index in [1.807, 2.05) is 6.92 Å². The van der Waals surface area contributed by atoms with E-state index in [1.165, 1.54) is 18.2 Å². The third-order valence-corrected chi connectivity index (χ3v) is 4.12. The zero-order valence-electron chi connectivity index (χ0n) is 15.8. The lowest BCUT2D eigenvalue weighted by Crippen LogP contribution is -2.46. The number of halogens is 1. The first-order valence-electron chi connectivity index (χ1n) is 8.62. The fraction of sp³-hybridized carbons (Fsp3) is 0.350. The van der Waals surface area contributed by atoms with Gasteiger partial charge in [0.2, 0.25) is 5.78 Å². The van der Waals surface area contributed by atoms with Crippen molar-refractivity contribution in [3.63, 3.8) is 0 Å². The molecule has 0 fully saturated rings. The van der Waals surface area contributed by atoms with Gasteiger partial charge in [0, 0.05) is 17.0 Å². The van der Waals surface area contributed by atoms with E-state index in [9.17, 15) is 18.8 Å². The van der Waals surface area contributed by atoms with E-state index in [0.29, 0.717) is 11.3 Å². The van der Waals surface area contributed by atoms with Crippen LogP contribution in [0.5, 0.6) is 0 Å². The Balaban J connectivity index is 2.02. The molecule has 27 heavy (non-hydrogen) atoms. The maximum atomic E-state index is 13.7. The van der Waals surface area contributed by atoms with Crippen molar-refractivity contribution in [3.05, 3.63) is 58.7 Å². The first kappa shape index (κ1) is 20.4. The van der Waals surface area contributed by atoms with Crippen LogP contribution in [0.4, 0.5) is 4.39 Å². The lowest BCUT2D eigenvalue weighted by atomic mass is 10.0. The van der Waals surface area contributed by atoms with Gasteiger partial charge in [0.15, 0.2) is 6.61 Å². The number of ketones is 1. The molecular formula is C20H23FN2O4. The number of hydrogen-bond acceptors (Lipinski definition) is 4. The summed E-state index contributed by atoms with van der Waals surface area (Å²) in [5, 5.41) is 2.48. The Bertz CT molecular complexity index is 857. The first-order chi connectivity index (χ1) is 12.7. The van der Waals surface area contributed by atoms with Gasteiger partial charge in [0.25, 0.3) is 5.91 Å².